The maximum absolute atomic E-state index is 13.1. The summed E-state index contributed by atoms with van der Waals surface area (Å²) in [4.78, 5) is 15.3. The molecular weight excluding hydrogens is 424 g/mol. The van der Waals surface area contributed by atoms with E-state index in [1.807, 2.05) is 61.0 Å². The third-order valence-electron chi connectivity index (χ3n) is 6.72. The van der Waals surface area contributed by atoms with Crippen LogP contribution in [0.1, 0.15) is 35.4 Å². The minimum atomic E-state index is -0.120. The molecule has 1 atom stereocenters. The Bertz CT molecular complexity index is 1360. The first-order valence-electron chi connectivity index (χ1n) is 11.8. The lowest BCUT2D eigenvalue weighted by Gasteiger charge is -2.32. The second-order valence-electron chi connectivity index (χ2n) is 9.26. The van der Waals surface area contributed by atoms with Crippen molar-refractivity contribution in [1.29, 1.82) is 0 Å². The number of amides is 1. The van der Waals surface area contributed by atoms with Crippen molar-refractivity contribution in [3.63, 3.8) is 0 Å². The number of rotatable bonds is 4. The molecule has 0 bridgehead atoms. The topological polar surface area (TPSA) is 75.9 Å². The third kappa shape index (κ3) is 4.02. The van der Waals surface area contributed by atoms with Crippen molar-refractivity contribution in [2.24, 2.45) is 5.92 Å². The molecular formula is C27H30N6O. The standard InChI is InChI=1S/C27H30N6O/c1-17-12-13-23(18(2)15-17)28-27(34)21-9-8-14-32(16-21)26-25-24(19(3)29-30-26)20(4)33(31-25)22-10-6-5-7-11-22/h5-7,10-13,15,21H,8-9,14,16H2,1-4H3,(H,28,34)/t21-/m1/s1. The zero-order valence-corrected chi connectivity index (χ0v) is 20.2. The van der Waals surface area contributed by atoms with E-state index in [0.29, 0.717) is 6.54 Å². The number of piperidine rings is 1. The molecule has 7 heteroatoms. The van der Waals surface area contributed by atoms with Crippen LogP contribution in [-0.2, 0) is 4.79 Å². The molecule has 174 valence electrons. The van der Waals surface area contributed by atoms with Crippen LogP contribution in [0.2, 0.25) is 0 Å². The summed E-state index contributed by atoms with van der Waals surface area (Å²) in [6.07, 6.45) is 1.77. The van der Waals surface area contributed by atoms with Crippen LogP contribution < -0.4 is 10.2 Å². The van der Waals surface area contributed by atoms with Gasteiger partial charge in [0.15, 0.2) is 5.82 Å². The molecule has 7 nitrogen and oxygen atoms in total. The van der Waals surface area contributed by atoms with Crippen molar-refractivity contribution in [3.05, 3.63) is 71.0 Å². The quantitative estimate of drug-likeness (QED) is 0.474. The lowest BCUT2D eigenvalue weighted by atomic mass is 9.96. The number of carbonyl (C=O) groups excluding carboxylic acids is 1. The molecule has 1 aliphatic heterocycles. The minimum Gasteiger partial charge on any atom is -0.352 e. The molecule has 0 aliphatic carbocycles. The molecule has 3 heterocycles. The molecule has 1 amide bonds. The van der Waals surface area contributed by atoms with Gasteiger partial charge in [-0.25, -0.2) is 4.68 Å². The van der Waals surface area contributed by atoms with Crippen LogP contribution in [0.25, 0.3) is 16.6 Å². The molecule has 5 rings (SSSR count). The first-order valence-corrected chi connectivity index (χ1v) is 11.8. The SMILES string of the molecule is Cc1ccc(NC(=O)[C@@H]2CCCN(c3nnc(C)c4c(C)n(-c5ccccc5)nc34)C2)c(C)c1. The number of anilines is 2. The molecule has 2 aromatic carbocycles. The predicted molar refractivity (Wildman–Crippen MR) is 136 cm³/mol. The third-order valence-corrected chi connectivity index (χ3v) is 6.72. The van der Waals surface area contributed by atoms with E-state index in [9.17, 15) is 4.79 Å². The molecule has 1 saturated heterocycles. The van der Waals surface area contributed by atoms with Crippen molar-refractivity contribution in [2.45, 2.75) is 40.5 Å². The van der Waals surface area contributed by atoms with Crippen LogP contribution in [0.3, 0.4) is 0 Å². The molecule has 0 saturated carbocycles. The van der Waals surface area contributed by atoms with Gasteiger partial charge >= 0.3 is 0 Å². The van der Waals surface area contributed by atoms with Crippen LogP contribution in [-0.4, -0.2) is 39.0 Å². The van der Waals surface area contributed by atoms with E-state index in [0.717, 1.165) is 64.4 Å². The van der Waals surface area contributed by atoms with Gasteiger partial charge in [-0.15, -0.1) is 5.10 Å². The molecule has 4 aromatic rings. The van der Waals surface area contributed by atoms with Gasteiger partial charge in [-0.2, -0.15) is 10.2 Å². The minimum absolute atomic E-state index is 0.0546. The van der Waals surface area contributed by atoms with Crippen LogP contribution in [0, 0.1) is 33.6 Å². The number of carbonyl (C=O) groups is 1. The van der Waals surface area contributed by atoms with E-state index in [1.54, 1.807) is 0 Å². The highest BCUT2D eigenvalue weighted by atomic mass is 16.1. The Kier molecular flexibility index (Phi) is 5.77. The summed E-state index contributed by atoms with van der Waals surface area (Å²) in [5, 5.41) is 18.1. The van der Waals surface area contributed by atoms with E-state index >= 15 is 0 Å². The molecule has 0 radical (unpaired) electrons. The van der Waals surface area contributed by atoms with E-state index in [1.165, 1.54) is 5.56 Å². The smallest absolute Gasteiger partial charge is 0.229 e. The van der Waals surface area contributed by atoms with Gasteiger partial charge in [0.25, 0.3) is 0 Å². The van der Waals surface area contributed by atoms with Gasteiger partial charge in [-0.05, 0) is 64.3 Å². The van der Waals surface area contributed by atoms with Crippen molar-refractivity contribution in [1.82, 2.24) is 20.0 Å². The first kappa shape index (κ1) is 22.1. The molecule has 0 spiro atoms. The average molecular weight is 455 g/mol. The second-order valence-corrected chi connectivity index (χ2v) is 9.26. The van der Waals surface area contributed by atoms with E-state index in [2.05, 4.69) is 40.3 Å². The molecule has 1 N–H and O–H groups in total. The van der Waals surface area contributed by atoms with Crippen molar-refractivity contribution >= 4 is 28.3 Å². The van der Waals surface area contributed by atoms with Gasteiger partial charge in [0.1, 0.15) is 5.52 Å². The molecule has 34 heavy (non-hydrogen) atoms. The Morgan fingerprint density at radius 1 is 1.03 bits per heavy atom. The number of fused-ring (bicyclic) bond motifs is 1. The lowest BCUT2D eigenvalue weighted by molar-refractivity contribution is -0.120. The number of aromatic nitrogens is 4. The fourth-order valence-electron chi connectivity index (χ4n) is 4.92. The van der Waals surface area contributed by atoms with Gasteiger partial charge < -0.3 is 10.2 Å². The zero-order chi connectivity index (χ0) is 23.8. The average Bonchev–Trinajstić information content (AvgIpc) is 3.19. The summed E-state index contributed by atoms with van der Waals surface area (Å²) < 4.78 is 1.96. The first-order chi connectivity index (χ1) is 16.4. The van der Waals surface area contributed by atoms with Crippen molar-refractivity contribution in [3.8, 4) is 5.69 Å². The molecule has 2 aromatic heterocycles. The van der Waals surface area contributed by atoms with E-state index < -0.39 is 0 Å². The highest BCUT2D eigenvalue weighted by molar-refractivity contribution is 5.95. The van der Waals surface area contributed by atoms with Crippen molar-refractivity contribution in [2.75, 3.05) is 23.3 Å². The Hall–Kier alpha value is -3.74. The van der Waals surface area contributed by atoms with Crippen LogP contribution in [0.15, 0.2) is 48.5 Å². The Labute approximate surface area is 199 Å². The Morgan fingerprint density at radius 3 is 2.59 bits per heavy atom. The predicted octanol–water partition coefficient (Wildman–Crippen LogP) is 4.90. The summed E-state index contributed by atoms with van der Waals surface area (Å²) in [5.74, 6) is 0.686. The van der Waals surface area contributed by atoms with Gasteiger partial charge in [-0.3, -0.25) is 4.79 Å². The van der Waals surface area contributed by atoms with Crippen molar-refractivity contribution < 1.29 is 4.79 Å². The highest BCUT2D eigenvalue weighted by Crippen LogP contribution is 2.32. The summed E-state index contributed by atoms with van der Waals surface area (Å²) in [7, 11) is 0. The largest absolute Gasteiger partial charge is 0.352 e. The van der Waals surface area contributed by atoms with Crippen LogP contribution >= 0.6 is 0 Å². The molecule has 1 fully saturated rings. The number of hydrogen-bond donors (Lipinski definition) is 1. The number of para-hydroxylation sites is 1. The normalized spacial score (nSPS) is 16.1. The van der Waals surface area contributed by atoms with Gasteiger partial charge in [0, 0.05) is 18.8 Å². The van der Waals surface area contributed by atoms with Crippen LogP contribution in [0.5, 0.6) is 0 Å². The number of aryl methyl sites for hydroxylation is 4. The van der Waals surface area contributed by atoms with Crippen LogP contribution in [0.4, 0.5) is 11.5 Å². The Balaban J connectivity index is 1.44. The van der Waals surface area contributed by atoms with Gasteiger partial charge in [0.2, 0.25) is 5.91 Å². The number of nitrogens with one attached hydrogen (secondary N) is 1. The summed E-state index contributed by atoms with van der Waals surface area (Å²) >= 11 is 0. The summed E-state index contributed by atoms with van der Waals surface area (Å²) in [6.45, 7) is 9.55. The maximum Gasteiger partial charge on any atom is 0.229 e. The van der Waals surface area contributed by atoms with Gasteiger partial charge in [-0.1, -0.05) is 35.9 Å². The second kappa shape index (κ2) is 8.89. The monoisotopic (exact) mass is 454 g/mol. The number of benzene rings is 2. The summed E-state index contributed by atoms with van der Waals surface area (Å²) in [5.41, 5.74) is 6.88. The Morgan fingerprint density at radius 2 is 1.82 bits per heavy atom. The molecule has 0 unspecified atom stereocenters. The number of hydrogen-bond acceptors (Lipinski definition) is 5. The highest BCUT2D eigenvalue weighted by Gasteiger charge is 2.29. The van der Waals surface area contributed by atoms with Gasteiger partial charge in [0.05, 0.1) is 28.4 Å². The fourth-order valence-corrected chi connectivity index (χ4v) is 4.92. The zero-order valence-electron chi connectivity index (χ0n) is 20.2. The fraction of sp³-hybridized carbons (Fsp3) is 0.333. The lowest BCUT2D eigenvalue weighted by Crippen LogP contribution is -2.41. The number of nitrogens with zero attached hydrogens (tertiary/aromatic N) is 5. The maximum atomic E-state index is 13.1. The van der Waals surface area contributed by atoms with E-state index in [4.69, 9.17) is 5.10 Å². The van der Waals surface area contributed by atoms with E-state index in [-0.39, 0.29) is 11.8 Å². The summed E-state index contributed by atoms with van der Waals surface area (Å²) in [6, 6.07) is 16.2. The molecule has 1 aliphatic rings.